The zero-order valence-electron chi connectivity index (χ0n) is 9.60. The maximum absolute atomic E-state index is 11.3. The van der Waals surface area contributed by atoms with Crippen LogP contribution in [0.15, 0.2) is 24.3 Å². The summed E-state index contributed by atoms with van der Waals surface area (Å²) in [6.45, 7) is 1.60. The number of nitrogens with two attached hydrogens (primary N) is 1. The molecular weight excluding hydrogens is 244 g/mol. The minimum absolute atomic E-state index is 0. The van der Waals surface area contributed by atoms with Crippen molar-refractivity contribution in [2.24, 2.45) is 5.73 Å². The number of esters is 1. The van der Waals surface area contributed by atoms with Crippen molar-refractivity contribution < 1.29 is 14.3 Å². The first-order chi connectivity index (χ1) is 7.54. The van der Waals surface area contributed by atoms with E-state index in [9.17, 15) is 9.59 Å². The summed E-state index contributed by atoms with van der Waals surface area (Å²) in [5.41, 5.74) is 6.42. The maximum Gasteiger partial charge on any atom is 0.337 e. The average Bonchev–Trinajstić information content (AvgIpc) is 2.28. The third kappa shape index (κ3) is 4.42. The fourth-order valence-electron chi connectivity index (χ4n) is 1.06. The van der Waals surface area contributed by atoms with E-state index >= 15 is 0 Å². The van der Waals surface area contributed by atoms with Crippen LogP contribution in [0, 0.1) is 0 Å². The fraction of sp³-hybridized carbons (Fsp3) is 0.273. The highest BCUT2D eigenvalue weighted by Gasteiger charge is 2.08. The summed E-state index contributed by atoms with van der Waals surface area (Å²) in [5, 5.41) is 2.61. The lowest BCUT2D eigenvalue weighted by molar-refractivity contribution is -0.117. The van der Waals surface area contributed by atoms with Crippen molar-refractivity contribution in [2.45, 2.75) is 13.0 Å². The Morgan fingerprint density at radius 3 is 2.24 bits per heavy atom. The van der Waals surface area contributed by atoms with Crippen molar-refractivity contribution in [1.29, 1.82) is 0 Å². The predicted molar refractivity (Wildman–Crippen MR) is 67.3 cm³/mol. The molecule has 0 unspecified atom stereocenters. The second-order valence-corrected chi connectivity index (χ2v) is 3.35. The van der Waals surface area contributed by atoms with Crippen molar-refractivity contribution >= 4 is 30.0 Å². The van der Waals surface area contributed by atoms with Gasteiger partial charge in [-0.3, -0.25) is 4.79 Å². The molecule has 0 saturated carbocycles. The van der Waals surface area contributed by atoms with Crippen molar-refractivity contribution in [3.8, 4) is 0 Å². The van der Waals surface area contributed by atoms with Gasteiger partial charge in [-0.15, -0.1) is 12.4 Å². The zero-order chi connectivity index (χ0) is 12.1. The van der Waals surface area contributed by atoms with Gasteiger partial charge < -0.3 is 15.8 Å². The minimum atomic E-state index is -0.569. The van der Waals surface area contributed by atoms with E-state index in [2.05, 4.69) is 10.1 Å². The average molecular weight is 259 g/mol. The molecule has 1 aromatic carbocycles. The number of rotatable bonds is 3. The monoisotopic (exact) mass is 258 g/mol. The fourth-order valence-corrected chi connectivity index (χ4v) is 1.06. The zero-order valence-corrected chi connectivity index (χ0v) is 10.4. The van der Waals surface area contributed by atoms with Crippen molar-refractivity contribution in [3.63, 3.8) is 0 Å². The van der Waals surface area contributed by atoms with Crippen LogP contribution >= 0.6 is 12.4 Å². The SMILES string of the molecule is COC(=O)c1ccc(NC(=O)[C@@H](C)N)cc1.Cl. The van der Waals surface area contributed by atoms with Gasteiger partial charge in [0.25, 0.3) is 0 Å². The van der Waals surface area contributed by atoms with E-state index in [1.54, 1.807) is 31.2 Å². The second-order valence-electron chi connectivity index (χ2n) is 3.35. The van der Waals surface area contributed by atoms with E-state index in [-0.39, 0.29) is 18.3 Å². The topological polar surface area (TPSA) is 81.4 Å². The van der Waals surface area contributed by atoms with E-state index in [0.29, 0.717) is 11.3 Å². The van der Waals surface area contributed by atoms with Crippen LogP contribution in [0.5, 0.6) is 0 Å². The third-order valence-corrected chi connectivity index (χ3v) is 1.99. The van der Waals surface area contributed by atoms with Gasteiger partial charge in [0.15, 0.2) is 0 Å². The van der Waals surface area contributed by atoms with E-state index in [4.69, 9.17) is 5.73 Å². The van der Waals surface area contributed by atoms with E-state index in [1.807, 2.05) is 0 Å². The van der Waals surface area contributed by atoms with Crippen LogP contribution in [0.1, 0.15) is 17.3 Å². The van der Waals surface area contributed by atoms with E-state index in [0.717, 1.165) is 0 Å². The molecule has 1 amide bonds. The number of nitrogens with one attached hydrogen (secondary N) is 1. The first-order valence-electron chi connectivity index (χ1n) is 4.79. The van der Waals surface area contributed by atoms with Crippen LogP contribution in [0.3, 0.4) is 0 Å². The van der Waals surface area contributed by atoms with Gasteiger partial charge in [0.05, 0.1) is 18.7 Å². The molecule has 3 N–H and O–H groups in total. The summed E-state index contributed by atoms with van der Waals surface area (Å²) in [4.78, 5) is 22.4. The molecule has 0 heterocycles. The summed E-state index contributed by atoms with van der Waals surface area (Å²) >= 11 is 0. The van der Waals surface area contributed by atoms with E-state index < -0.39 is 12.0 Å². The third-order valence-electron chi connectivity index (χ3n) is 1.99. The van der Waals surface area contributed by atoms with Gasteiger partial charge in [0.1, 0.15) is 0 Å². The van der Waals surface area contributed by atoms with E-state index in [1.165, 1.54) is 7.11 Å². The molecule has 6 heteroatoms. The van der Waals surface area contributed by atoms with Crippen LogP contribution in [0.25, 0.3) is 0 Å². The van der Waals surface area contributed by atoms with Gasteiger partial charge in [0.2, 0.25) is 5.91 Å². The Kier molecular flexibility index (Phi) is 6.23. The summed E-state index contributed by atoms with van der Waals surface area (Å²) < 4.78 is 4.55. The number of anilines is 1. The smallest absolute Gasteiger partial charge is 0.337 e. The largest absolute Gasteiger partial charge is 0.465 e. The molecule has 5 nitrogen and oxygen atoms in total. The van der Waals surface area contributed by atoms with Crippen LogP contribution in [0.4, 0.5) is 5.69 Å². The van der Waals surface area contributed by atoms with Crippen molar-refractivity contribution in [2.75, 3.05) is 12.4 Å². The quantitative estimate of drug-likeness (QED) is 0.798. The number of hydrogen-bond donors (Lipinski definition) is 2. The van der Waals surface area contributed by atoms with Crippen molar-refractivity contribution in [1.82, 2.24) is 0 Å². The minimum Gasteiger partial charge on any atom is -0.465 e. The molecule has 0 spiro atoms. The molecule has 0 radical (unpaired) electrons. The standard InChI is InChI=1S/C11H14N2O3.ClH/c1-7(12)10(14)13-9-5-3-8(4-6-9)11(15)16-2;/h3-7H,12H2,1-2H3,(H,13,14);1H/t7-;/m1./s1. The summed E-state index contributed by atoms with van der Waals surface area (Å²) in [6, 6.07) is 5.81. The molecule has 17 heavy (non-hydrogen) atoms. The Balaban J connectivity index is 0.00000256. The molecule has 0 aliphatic heterocycles. The molecule has 0 aromatic heterocycles. The molecule has 1 aromatic rings. The van der Waals surface area contributed by atoms with Gasteiger partial charge in [0, 0.05) is 5.69 Å². The van der Waals surface area contributed by atoms with Gasteiger partial charge in [-0.25, -0.2) is 4.79 Å². The number of amides is 1. The lowest BCUT2D eigenvalue weighted by atomic mass is 10.2. The lowest BCUT2D eigenvalue weighted by Crippen LogP contribution is -2.32. The number of methoxy groups -OCH3 is 1. The molecule has 0 fully saturated rings. The van der Waals surface area contributed by atoms with Crippen LogP contribution in [0.2, 0.25) is 0 Å². The predicted octanol–water partition coefficient (Wildman–Crippen LogP) is 1.18. The summed E-state index contributed by atoms with van der Waals surface area (Å²) in [6.07, 6.45) is 0. The number of benzene rings is 1. The Morgan fingerprint density at radius 2 is 1.82 bits per heavy atom. The molecule has 0 bridgehead atoms. The van der Waals surface area contributed by atoms with Crippen LogP contribution in [-0.4, -0.2) is 25.0 Å². The Labute approximate surface area is 106 Å². The molecular formula is C11H15ClN2O3. The molecule has 1 rings (SSSR count). The summed E-state index contributed by atoms with van der Waals surface area (Å²) in [5.74, 6) is -0.684. The number of carbonyl (C=O) groups excluding carboxylic acids is 2. The van der Waals surface area contributed by atoms with Crippen LogP contribution in [-0.2, 0) is 9.53 Å². The Hall–Kier alpha value is -1.59. The molecule has 0 aliphatic rings. The molecule has 0 saturated heterocycles. The maximum atomic E-state index is 11.3. The highest BCUT2D eigenvalue weighted by Crippen LogP contribution is 2.10. The number of halogens is 1. The number of hydrogen-bond acceptors (Lipinski definition) is 4. The lowest BCUT2D eigenvalue weighted by Gasteiger charge is -2.07. The van der Waals surface area contributed by atoms with Gasteiger partial charge in [-0.1, -0.05) is 0 Å². The summed E-state index contributed by atoms with van der Waals surface area (Å²) in [7, 11) is 1.31. The highest BCUT2D eigenvalue weighted by molar-refractivity contribution is 5.95. The number of ether oxygens (including phenoxy) is 1. The first kappa shape index (κ1) is 15.4. The second kappa shape index (κ2) is 6.88. The molecule has 1 atom stereocenters. The number of carbonyl (C=O) groups is 2. The normalized spacial score (nSPS) is 11.0. The molecule has 0 aliphatic carbocycles. The Morgan fingerprint density at radius 1 is 1.29 bits per heavy atom. The van der Waals surface area contributed by atoms with Gasteiger partial charge in [-0.05, 0) is 31.2 Å². The molecule has 94 valence electrons. The first-order valence-corrected chi connectivity index (χ1v) is 4.79. The Bertz CT molecular complexity index is 390. The van der Waals surface area contributed by atoms with Crippen molar-refractivity contribution in [3.05, 3.63) is 29.8 Å². The highest BCUT2D eigenvalue weighted by atomic mass is 35.5. The van der Waals surface area contributed by atoms with Crippen LogP contribution < -0.4 is 11.1 Å². The van der Waals surface area contributed by atoms with Gasteiger partial charge in [-0.2, -0.15) is 0 Å². The van der Waals surface area contributed by atoms with Gasteiger partial charge >= 0.3 is 5.97 Å².